The SMILES string of the molecule is CC(O)(CNC(=O)c1nc(C2CC2)n2ccccc12)c1ccco1. The van der Waals surface area contributed by atoms with Gasteiger partial charge in [-0.1, -0.05) is 6.07 Å². The van der Waals surface area contributed by atoms with Crippen LogP contribution in [0.25, 0.3) is 5.52 Å². The molecule has 1 unspecified atom stereocenters. The van der Waals surface area contributed by atoms with Crippen LogP contribution in [0.3, 0.4) is 0 Å². The molecule has 1 saturated carbocycles. The Balaban J connectivity index is 1.58. The highest BCUT2D eigenvalue weighted by atomic mass is 16.4. The number of nitrogens with one attached hydrogen (secondary N) is 1. The number of aromatic nitrogens is 2. The molecule has 124 valence electrons. The summed E-state index contributed by atoms with van der Waals surface area (Å²) in [5.41, 5.74) is -0.0871. The summed E-state index contributed by atoms with van der Waals surface area (Å²) in [4.78, 5) is 17.2. The van der Waals surface area contributed by atoms with Crippen molar-refractivity contribution < 1.29 is 14.3 Å². The van der Waals surface area contributed by atoms with E-state index in [2.05, 4.69) is 10.3 Å². The number of rotatable bonds is 5. The number of nitrogens with zero attached hydrogens (tertiary/aromatic N) is 2. The molecule has 24 heavy (non-hydrogen) atoms. The van der Waals surface area contributed by atoms with Gasteiger partial charge < -0.3 is 19.2 Å². The quantitative estimate of drug-likeness (QED) is 0.755. The number of aliphatic hydroxyl groups is 1. The molecule has 0 radical (unpaired) electrons. The van der Waals surface area contributed by atoms with E-state index in [1.807, 2.05) is 28.8 Å². The van der Waals surface area contributed by atoms with E-state index in [4.69, 9.17) is 4.42 Å². The van der Waals surface area contributed by atoms with Crippen LogP contribution in [0.15, 0.2) is 47.2 Å². The number of furan rings is 1. The summed E-state index contributed by atoms with van der Waals surface area (Å²) in [5.74, 6) is 1.50. The molecular formula is C18H19N3O3. The van der Waals surface area contributed by atoms with Crippen LogP contribution in [-0.2, 0) is 5.60 Å². The zero-order valence-electron chi connectivity index (χ0n) is 13.4. The van der Waals surface area contributed by atoms with Crippen LogP contribution in [0, 0.1) is 0 Å². The Morgan fingerprint density at radius 3 is 2.96 bits per heavy atom. The van der Waals surface area contributed by atoms with E-state index < -0.39 is 5.60 Å². The summed E-state index contributed by atoms with van der Waals surface area (Å²) < 4.78 is 7.21. The molecule has 1 aliphatic carbocycles. The van der Waals surface area contributed by atoms with Crippen molar-refractivity contribution in [3.05, 3.63) is 60.1 Å². The maximum absolute atomic E-state index is 12.6. The average Bonchev–Trinajstić information content (AvgIpc) is 3.13. The molecule has 4 rings (SSSR count). The number of carbonyl (C=O) groups excluding carboxylic acids is 1. The fourth-order valence-corrected chi connectivity index (χ4v) is 2.87. The first-order valence-corrected chi connectivity index (χ1v) is 8.08. The van der Waals surface area contributed by atoms with Gasteiger partial charge in [0, 0.05) is 12.1 Å². The predicted molar refractivity (Wildman–Crippen MR) is 87.8 cm³/mol. The van der Waals surface area contributed by atoms with Crippen LogP contribution in [0.4, 0.5) is 0 Å². The second-order valence-electron chi connectivity index (χ2n) is 6.48. The van der Waals surface area contributed by atoms with Crippen LogP contribution in [0.1, 0.15) is 47.8 Å². The van der Waals surface area contributed by atoms with Gasteiger partial charge in [-0.25, -0.2) is 4.98 Å². The van der Waals surface area contributed by atoms with Crippen molar-refractivity contribution >= 4 is 11.4 Å². The van der Waals surface area contributed by atoms with Gasteiger partial charge in [0.15, 0.2) is 5.69 Å². The van der Waals surface area contributed by atoms with Gasteiger partial charge in [-0.3, -0.25) is 4.79 Å². The van der Waals surface area contributed by atoms with Crippen LogP contribution in [-0.4, -0.2) is 26.9 Å². The summed E-state index contributed by atoms with van der Waals surface area (Å²) in [6, 6.07) is 9.10. The van der Waals surface area contributed by atoms with E-state index in [1.54, 1.807) is 19.1 Å². The first-order chi connectivity index (χ1) is 11.6. The molecule has 3 heterocycles. The smallest absolute Gasteiger partial charge is 0.272 e. The highest BCUT2D eigenvalue weighted by Crippen LogP contribution is 2.40. The highest BCUT2D eigenvalue weighted by Gasteiger charge is 2.31. The van der Waals surface area contributed by atoms with E-state index in [1.165, 1.54) is 6.26 Å². The maximum atomic E-state index is 12.6. The van der Waals surface area contributed by atoms with Crippen molar-refractivity contribution in [3.63, 3.8) is 0 Å². The highest BCUT2D eigenvalue weighted by molar-refractivity contribution is 5.99. The van der Waals surface area contributed by atoms with Gasteiger partial charge in [0.2, 0.25) is 0 Å². The standard InChI is InChI=1S/C18H19N3O3/c1-18(23,14-6-4-10-24-14)11-19-17(22)15-13-5-2-3-9-21(13)16(20-15)12-7-8-12/h2-6,9-10,12,23H,7-8,11H2,1H3,(H,19,22). The largest absolute Gasteiger partial charge is 0.466 e. The molecule has 3 aromatic heterocycles. The predicted octanol–water partition coefficient (Wildman–Crippen LogP) is 2.44. The maximum Gasteiger partial charge on any atom is 0.272 e. The molecule has 1 atom stereocenters. The molecule has 0 aromatic carbocycles. The van der Waals surface area contributed by atoms with E-state index in [0.29, 0.717) is 17.4 Å². The van der Waals surface area contributed by atoms with Crippen LogP contribution < -0.4 is 5.32 Å². The van der Waals surface area contributed by atoms with Gasteiger partial charge in [-0.2, -0.15) is 0 Å². The van der Waals surface area contributed by atoms with Gasteiger partial charge in [-0.05, 0) is 44.0 Å². The van der Waals surface area contributed by atoms with Crippen molar-refractivity contribution in [3.8, 4) is 0 Å². The minimum atomic E-state index is -1.27. The van der Waals surface area contributed by atoms with Gasteiger partial charge in [0.25, 0.3) is 5.91 Å². The Labute approximate surface area is 139 Å². The van der Waals surface area contributed by atoms with Crippen molar-refractivity contribution in [1.29, 1.82) is 0 Å². The molecule has 0 spiro atoms. The third-order valence-electron chi connectivity index (χ3n) is 4.38. The fourth-order valence-electron chi connectivity index (χ4n) is 2.87. The number of hydrogen-bond donors (Lipinski definition) is 2. The van der Waals surface area contributed by atoms with Gasteiger partial charge in [0.1, 0.15) is 17.2 Å². The van der Waals surface area contributed by atoms with Crippen LogP contribution >= 0.6 is 0 Å². The molecule has 1 amide bonds. The van der Waals surface area contributed by atoms with Crippen LogP contribution in [0.5, 0.6) is 0 Å². The Hall–Kier alpha value is -2.60. The lowest BCUT2D eigenvalue weighted by atomic mass is 10.0. The van der Waals surface area contributed by atoms with Gasteiger partial charge in [-0.15, -0.1) is 0 Å². The summed E-state index contributed by atoms with van der Waals surface area (Å²) >= 11 is 0. The molecular weight excluding hydrogens is 306 g/mol. The van der Waals surface area contributed by atoms with E-state index in [0.717, 1.165) is 24.2 Å². The Bertz CT molecular complexity index is 876. The van der Waals surface area contributed by atoms with Crippen molar-refractivity contribution in [2.24, 2.45) is 0 Å². The van der Waals surface area contributed by atoms with Gasteiger partial charge >= 0.3 is 0 Å². The minimum Gasteiger partial charge on any atom is -0.466 e. The molecule has 1 aliphatic rings. The summed E-state index contributed by atoms with van der Waals surface area (Å²) in [6.45, 7) is 1.65. The second kappa shape index (κ2) is 5.49. The summed E-state index contributed by atoms with van der Waals surface area (Å²) in [6.07, 6.45) is 5.66. The molecule has 0 saturated heterocycles. The zero-order valence-corrected chi connectivity index (χ0v) is 13.4. The topological polar surface area (TPSA) is 79.8 Å². The average molecular weight is 325 g/mol. The Morgan fingerprint density at radius 1 is 1.42 bits per heavy atom. The number of carbonyl (C=O) groups is 1. The van der Waals surface area contributed by atoms with E-state index in [9.17, 15) is 9.90 Å². The monoisotopic (exact) mass is 325 g/mol. The van der Waals surface area contributed by atoms with Crippen molar-refractivity contribution in [1.82, 2.24) is 14.7 Å². The normalized spacial score (nSPS) is 16.9. The molecule has 6 nitrogen and oxygen atoms in total. The number of amides is 1. The van der Waals surface area contributed by atoms with Crippen molar-refractivity contribution in [2.75, 3.05) is 6.54 Å². The lowest BCUT2D eigenvalue weighted by Gasteiger charge is -2.20. The molecule has 0 bridgehead atoms. The molecule has 1 fully saturated rings. The first-order valence-electron chi connectivity index (χ1n) is 8.08. The lowest BCUT2D eigenvalue weighted by Crippen LogP contribution is -2.38. The number of hydrogen-bond acceptors (Lipinski definition) is 4. The molecule has 2 N–H and O–H groups in total. The van der Waals surface area contributed by atoms with Crippen molar-refractivity contribution in [2.45, 2.75) is 31.3 Å². The third-order valence-corrected chi connectivity index (χ3v) is 4.38. The van der Waals surface area contributed by atoms with E-state index >= 15 is 0 Å². The van der Waals surface area contributed by atoms with Crippen LogP contribution in [0.2, 0.25) is 0 Å². The lowest BCUT2D eigenvalue weighted by molar-refractivity contribution is 0.0330. The number of imidazole rings is 1. The summed E-state index contributed by atoms with van der Waals surface area (Å²) in [5, 5.41) is 13.2. The Kier molecular flexibility index (Phi) is 3.42. The fraction of sp³-hybridized carbons (Fsp3) is 0.333. The zero-order chi connectivity index (χ0) is 16.7. The molecule has 3 aromatic rings. The Morgan fingerprint density at radius 2 is 2.25 bits per heavy atom. The van der Waals surface area contributed by atoms with Gasteiger partial charge in [0.05, 0.1) is 18.3 Å². The molecule has 0 aliphatic heterocycles. The second-order valence-corrected chi connectivity index (χ2v) is 6.48. The third kappa shape index (κ3) is 2.59. The number of pyridine rings is 1. The minimum absolute atomic E-state index is 0.0456. The summed E-state index contributed by atoms with van der Waals surface area (Å²) in [7, 11) is 0. The molecule has 6 heteroatoms. The van der Waals surface area contributed by atoms with E-state index in [-0.39, 0.29) is 12.5 Å². The first kappa shape index (κ1) is 15.0. The number of fused-ring (bicyclic) bond motifs is 1.